The molecule has 0 heterocycles. The maximum Gasteiger partial charge on any atom is 0.325 e. The van der Waals surface area contributed by atoms with Crippen LogP contribution in [0.2, 0.25) is 0 Å². The summed E-state index contributed by atoms with van der Waals surface area (Å²) in [5, 5.41) is 0. The number of nitrogens with zero attached hydrogens (tertiary/aromatic N) is 1. The third-order valence-corrected chi connectivity index (χ3v) is 4.54. The Balaban J connectivity index is 2.28. The fourth-order valence-corrected chi connectivity index (χ4v) is 3.09. The van der Waals surface area contributed by atoms with E-state index in [0.717, 1.165) is 5.69 Å². The second-order valence-corrected chi connectivity index (χ2v) is 6.90. The normalized spacial score (nSPS) is 21.3. The summed E-state index contributed by atoms with van der Waals surface area (Å²) in [6, 6.07) is 9.28. The van der Waals surface area contributed by atoms with E-state index in [2.05, 4.69) is 19.9 Å². The SMILES string of the molecule is COC(=O)CN(C(=O)[C@H]1[C@@H](C=C(C)C)C1(C)C)c1ccccc1. The monoisotopic (exact) mass is 315 g/mol. The molecule has 1 aliphatic carbocycles. The molecular formula is C19H25NO3. The van der Waals surface area contributed by atoms with Crippen molar-refractivity contribution in [2.75, 3.05) is 18.6 Å². The lowest BCUT2D eigenvalue weighted by atomic mass is 10.1. The first-order chi connectivity index (χ1) is 10.8. The zero-order valence-corrected chi connectivity index (χ0v) is 14.5. The Bertz CT molecular complexity index is 615. The van der Waals surface area contributed by atoms with E-state index < -0.39 is 5.97 Å². The van der Waals surface area contributed by atoms with Gasteiger partial charge in [-0.15, -0.1) is 0 Å². The average molecular weight is 315 g/mol. The number of allylic oxidation sites excluding steroid dienone is 2. The largest absolute Gasteiger partial charge is 0.468 e. The Kier molecular flexibility index (Phi) is 4.93. The number of anilines is 1. The van der Waals surface area contributed by atoms with Crippen LogP contribution in [0, 0.1) is 17.3 Å². The van der Waals surface area contributed by atoms with Gasteiger partial charge in [-0.05, 0) is 37.3 Å². The summed E-state index contributed by atoms with van der Waals surface area (Å²) in [6.07, 6.45) is 2.16. The van der Waals surface area contributed by atoms with Gasteiger partial charge in [-0.2, -0.15) is 0 Å². The van der Waals surface area contributed by atoms with Crippen LogP contribution in [-0.4, -0.2) is 25.5 Å². The van der Waals surface area contributed by atoms with Crippen LogP contribution in [0.15, 0.2) is 42.0 Å². The van der Waals surface area contributed by atoms with Gasteiger partial charge in [0, 0.05) is 5.69 Å². The zero-order valence-electron chi connectivity index (χ0n) is 14.5. The van der Waals surface area contributed by atoms with Gasteiger partial charge in [0.2, 0.25) is 5.91 Å². The van der Waals surface area contributed by atoms with Crippen LogP contribution in [0.25, 0.3) is 0 Å². The highest BCUT2D eigenvalue weighted by Gasteiger charge is 2.61. The first-order valence-corrected chi connectivity index (χ1v) is 7.87. The molecule has 23 heavy (non-hydrogen) atoms. The Hall–Kier alpha value is -2.10. The maximum absolute atomic E-state index is 13.1. The predicted octanol–water partition coefficient (Wildman–Crippen LogP) is 3.43. The lowest BCUT2D eigenvalue weighted by Crippen LogP contribution is -2.38. The summed E-state index contributed by atoms with van der Waals surface area (Å²) in [5.74, 6) is -0.334. The smallest absolute Gasteiger partial charge is 0.325 e. The van der Waals surface area contributed by atoms with Gasteiger partial charge in [0.1, 0.15) is 6.54 Å². The number of para-hydroxylation sites is 1. The van der Waals surface area contributed by atoms with Crippen LogP contribution in [0.1, 0.15) is 27.7 Å². The minimum atomic E-state index is -0.417. The van der Waals surface area contributed by atoms with E-state index in [0.29, 0.717) is 0 Å². The quantitative estimate of drug-likeness (QED) is 0.618. The number of ether oxygens (including phenoxy) is 1. The molecule has 0 radical (unpaired) electrons. The van der Waals surface area contributed by atoms with Gasteiger partial charge < -0.3 is 9.64 Å². The van der Waals surface area contributed by atoms with Crippen molar-refractivity contribution in [1.29, 1.82) is 0 Å². The average Bonchev–Trinajstić information content (AvgIpc) is 3.04. The van der Waals surface area contributed by atoms with Crippen molar-refractivity contribution < 1.29 is 14.3 Å². The highest BCUT2D eigenvalue weighted by molar-refractivity contribution is 6.01. The molecule has 4 heteroatoms. The van der Waals surface area contributed by atoms with Gasteiger partial charge >= 0.3 is 5.97 Å². The number of carbonyl (C=O) groups excluding carboxylic acids is 2. The number of benzene rings is 1. The topological polar surface area (TPSA) is 46.6 Å². The molecule has 1 aromatic carbocycles. The number of amides is 1. The van der Waals surface area contributed by atoms with Crippen LogP contribution in [0.3, 0.4) is 0 Å². The summed E-state index contributed by atoms with van der Waals surface area (Å²) >= 11 is 0. The third kappa shape index (κ3) is 3.63. The molecule has 1 aliphatic rings. The van der Waals surface area contributed by atoms with E-state index >= 15 is 0 Å². The first kappa shape index (κ1) is 17.3. The molecule has 0 bridgehead atoms. The molecule has 0 saturated heterocycles. The summed E-state index contributed by atoms with van der Waals surface area (Å²) in [4.78, 5) is 26.3. The number of carbonyl (C=O) groups is 2. The lowest BCUT2D eigenvalue weighted by molar-refractivity contribution is -0.140. The van der Waals surface area contributed by atoms with Crippen LogP contribution in [0.4, 0.5) is 5.69 Å². The number of esters is 1. The van der Waals surface area contributed by atoms with Crippen LogP contribution in [0.5, 0.6) is 0 Å². The molecule has 0 unspecified atom stereocenters. The van der Waals surface area contributed by atoms with Gasteiger partial charge in [0.05, 0.1) is 13.0 Å². The van der Waals surface area contributed by atoms with Gasteiger partial charge in [-0.1, -0.05) is 43.7 Å². The molecular weight excluding hydrogens is 290 g/mol. The Morgan fingerprint density at radius 1 is 1.22 bits per heavy atom. The molecule has 0 spiro atoms. The van der Waals surface area contributed by atoms with E-state index in [9.17, 15) is 9.59 Å². The first-order valence-electron chi connectivity index (χ1n) is 7.87. The molecule has 2 atom stereocenters. The van der Waals surface area contributed by atoms with E-state index in [1.165, 1.54) is 17.6 Å². The lowest BCUT2D eigenvalue weighted by Gasteiger charge is -2.22. The number of methoxy groups -OCH3 is 1. The van der Waals surface area contributed by atoms with Gasteiger partial charge in [-0.3, -0.25) is 9.59 Å². The van der Waals surface area contributed by atoms with Crippen molar-refractivity contribution in [3.8, 4) is 0 Å². The number of rotatable bonds is 5. The number of hydrogen-bond donors (Lipinski definition) is 0. The fraction of sp³-hybridized carbons (Fsp3) is 0.474. The minimum Gasteiger partial charge on any atom is -0.468 e. The molecule has 1 fully saturated rings. The third-order valence-electron chi connectivity index (χ3n) is 4.54. The van der Waals surface area contributed by atoms with Crippen molar-refractivity contribution in [3.63, 3.8) is 0 Å². The van der Waals surface area contributed by atoms with Crippen LogP contribution in [-0.2, 0) is 14.3 Å². The summed E-state index contributed by atoms with van der Waals surface area (Å²) in [6.45, 7) is 8.22. The summed E-state index contributed by atoms with van der Waals surface area (Å²) in [7, 11) is 1.34. The second kappa shape index (κ2) is 6.57. The molecule has 1 amide bonds. The fourth-order valence-electron chi connectivity index (χ4n) is 3.09. The maximum atomic E-state index is 13.1. The molecule has 4 nitrogen and oxygen atoms in total. The van der Waals surface area contributed by atoms with Crippen molar-refractivity contribution in [2.24, 2.45) is 17.3 Å². The minimum absolute atomic E-state index is 0.0194. The van der Waals surface area contributed by atoms with Crippen molar-refractivity contribution in [1.82, 2.24) is 0 Å². The number of hydrogen-bond acceptors (Lipinski definition) is 3. The van der Waals surface area contributed by atoms with Gasteiger partial charge in [0.15, 0.2) is 0 Å². The van der Waals surface area contributed by atoms with Crippen molar-refractivity contribution in [3.05, 3.63) is 42.0 Å². The van der Waals surface area contributed by atoms with Crippen LogP contribution >= 0.6 is 0 Å². The molecule has 2 rings (SSSR count). The molecule has 124 valence electrons. The highest BCUT2D eigenvalue weighted by Crippen LogP contribution is 2.60. The zero-order chi connectivity index (χ0) is 17.2. The second-order valence-electron chi connectivity index (χ2n) is 6.90. The van der Waals surface area contributed by atoms with E-state index in [-0.39, 0.29) is 29.7 Å². The van der Waals surface area contributed by atoms with E-state index in [1.54, 1.807) is 0 Å². The highest BCUT2D eigenvalue weighted by atomic mass is 16.5. The summed E-state index contributed by atoms with van der Waals surface area (Å²) in [5.41, 5.74) is 1.84. The molecule has 0 aromatic heterocycles. The summed E-state index contributed by atoms with van der Waals surface area (Å²) < 4.78 is 4.75. The predicted molar refractivity (Wildman–Crippen MR) is 91.0 cm³/mol. The molecule has 0 N–H and O–H groups in total. The molecule has 0 aliphatic heterocycles. The van der Waals surface area contributed by atoms with E-state index in [4.69, 9.17) is 4.74 Å². The van der Waals surface area contributed by atoms with Crippen LogP contribution < -0.4 is 4.90 Å². The molecule has 1 aromatic rings. The van der Waals surface area contributed by atoms with Gasteiger partial charge in [-0.25, -0.2) is 0 Å². The Labute approximate surface area is 138 Å². The van der Waals surface area contributed by atoms with Crippen molar-refractivity contribution in [2.45, 2.75) is 27.7 Å². The standard InChI is InChI=1S/C19H25NO3/c1-13(2)11-15-17(19(15,3)4)18(22)20(12-16(21)23-5)14-9-7-6-8-10-14/h6-11,15,17H,12H2,1-5H3/t15-,17-/m1/s1. The van der Waals surface area contributed by atoms with E-state index in [1.807, 2.05) is 44.2 Å². The van der Waals surface area contributed by atoms with Crippen molar-refractivity contribution >= 4 is 17.6 Å². The Morgan fingerprint density at radius 3 is 2.35 bits per heavy atom. The Morgan fingerprint density at radius 2 is 1.83 bits per heavy atom. The van der Waals surface area contributed by atoms with Gasteiger partial charge in [0.25, 0.3) is 0 Å². The molecule has 1 saturated carbocycles.